The topological polar surface area (TPSA) is 123 Å². The van der Waals surface area contributed by atoms with Crippen LogP contribution in [0, 0.1) is 0 Å². The molecule has 9 nitrogen and oxygen atoms in total. The summed E-state index contributed by atoms with van der Waals surface area (Å²) in [5, 5.41) is 14.3. The standard InChI is InChI=1S/C17H20N4O5/c1-25-11-6-7-13(26-2)12(8-11)20-14-9-15(19-10-18-14)21-16(22)4-3-5-17(23)24/h6-10H,3-5H2,1-2H3,(H,23,24)(H2,18,19,20,21,22). The van der Waals surface area contributed by atoms with Crippen LogP contribution in [0.1, 0.15) is 19.3 Å². The van der Waals surface area contributed by atoms with Crippen molar-refractivity contribution in [2.24, 2.45) is 0 Å². The molecule has 1 heterocycles. The average Bonchev–Trinajstić information content (AvgIpc) is 2.61. The number of aliphatic carboxylic acids is 1. The number of nitrogens with zero attached hydrogens (tertiary/aromatic N) is 2. The highest BCUT2D eigenvalue weighted by molar-refractivity contribution is 5.90. The Morgan fingerprint density at radius 3 is 2.54 bits per heavy atom. The summed E-state index contributed by atoms with van der Waals surface area (Å²) < 4.78 is 10.5. The number of ether oxygens (including phenoxy) is 2. The van der Waals surface area contributed by atoms with Crippen molar-refractivity contribution in [1.29, 1.82) is 0 Å². The third-order valence-corrected chi connectivity index (χ3v) is 3.40. The molecule has 0 bridgehead atoms. The molecule has 0 fully saturated rings. The predicted octanol–water partition coefficient (Wildman–Crippen LogP) is 2.43. The molecular formula is C17H20N4O5. The summed E-state index contributed by atoms with van der Waals surface area (Å²) in [5.41, 5.74) is 0.643. The minimum atomic E-state index is -0.932. The maximum atomic E-state index is 11.8. The molecule has 0 aliphatic heterocycles. The van der Waals surface area contributed by atoms with E-state index in [4.69, 9.17) is 14.6 Å². The lowest BCUT2D eigenvalue weighted by Crippen LogP contribution is -2.13. The van der Waals surface area contributed by atoms with Crippen LogP contribution in [0.25, 0.3) is 0 Å². The van der Waals surface area contributed by atoms with Gasteiger partial charge in [-0.05, 0) is 18.6 Å². The van der Waals surface area contributed by atoms with Crippen molar-refractivity contribution in [1.82, 2.24) is 9.97 Å². The van der Waals surface area contributed by atoms with Crippen LogP contribution in [0.15, 0.2) is 30.6 Å². The quantitative estimate of drug-likeness (QED) is 0.623. The van der Waals surface area contributed by atoms with Crippen molar-refractivity contribution in [2.45, 2.75) is 19.3 Å². The van der Waals surface area contributed by atoms with Crippen LogP contribution >= 0.6 is 0 Å². The van der Waals surface area contributed by atoms with Gasteiger partial charge in [0, 0.05) is 25.0 Å². The highest BCUT2D eigenvalue weighted by Crippen LogP contribution is 2.31. The van der Waals surface area contributed by atoms with Gasteiger partial charge in [-0.25, -0.2) is 9.97 Å². The van der Waals surface area contributed by atoms with E-state index in [1.165, 1.54) is 6.33 Å². The predicted molar refractivity (Wildman–Crippen MR) is 95.0 cm³/mol. The molecular weight excluding hydrogens is 340 g/mol. The van der Waals surface area contributed by atoms with Gasteiger partial charge in [0.05, 0.1) is 19.9 Å². The number of benzene rings is 1. The maximum Gasteiger partial charge on any atom is 0.303 e. The zero-order valence-electron chi connectivity index (χ0n) is 14.5. The molecule has 2 rings (SSSR count). The number of carboxylic acids is 1. The van der Waals surface area contributed by atoms with E-state index in [-0.39, 0.29) is 25.2 Å². The van der Waals surface area contributed by atoms with Crippen molar-refractivity contribution >= 4 is 29.2 Å². The Balaban J connectivity index is 2.05. The van der Waals surface area contributed by atoms with Gasteiger partial charge in [0.1, 0.15) is 29.5 Å². The molecule has 0 aliphatic carbocycles. The van der Waals surface area contributed by atoms with Crippen LogP contribution in [0.5, 0.6) is 11.5 Å². The maximum absolute atomic E-state index is 11.8. The largest absolute Gasteiger partial charge is 0.497 e. The number of nitrogens with one attached hydrogen (secondary N) is 2. The van der Waals surface area contributed by atoms with E-state index in [9.17, 15) is 9.59 Å². The summed E-state index contributed by atoms with van der Waals surface area (Å²) in [5.74, 6) is 0.767. The molecule has 0 unspecified atom stereocenters. The molecule has 0 atom stereocenters. The van der Waals surface area contributed by atoms with E-state index >= 15 is 0 Å². The van der Waals surface area contributed by atoms with Crippen molar-refractivity contribution in [3.63, 3.8) is 0 Å². The van der Waals surface area contributed by atoms with Gasteiger partial charge in [-0.15, -0.1) is 0 Å². The number of carboxylic acid groups (broad SMARTS) is 1. The monoisotopic (exact) mass is 360 g/mol. The fraction of sp³-hybridized carbons (Fsp3) is 0.294. The van der Waals surface area contributed by atoms with E-state index in [1.807, 2.05) is 0 Å². The zero-order valence-corrected chi connectivity index (χ0v) is 14.5. The molecule has 9 heteroatoms. The van der Waals surface area contributed by atoms with Crippen LogP contribution in [0.2, 0.25) is 0 Å². The smallest absolute Gasteiger partial charge is 0.303 e. The third-order valence-electron chi connectivity index (χ3n) is 3.40. The molecule has 0 spiro atoms. The minimum absolute atomic E-state index is 0.0559. The number of hydrogen-bond donors (Lipinski definition) is 3. The average molecular weight is 360 g/mol. The first-order valence-electron chi connectivity index (χ1n) is 7.84. The highest BCUT2D eigenvalue weighted by atomic mass is 16.5. The molecule has 3 N–H and O–H groups in total. The number of carbonyl (C=O) groups excluding carboxylic acids is 1. The molecule has 1 amide bonds. The number of aromatic nitrogens is 2. The molecule has 0 radical (unpaired) electrons. The second kappa shape index (κ2) is 9.21. The second-order valence-corrected chi connectivity index (χ2v) is 5.28. The van der Waals surface area contributed by atoms with Gasteiger partial charge in [0.2, 0.25) is 5.91 Å². The van der Waals surface area contributed by atoms with Gasteiger partial charge < -0.3 is 25.2 Å². The first-order chi connectivity index (χ1) is 12.5. The van der Waals surface area contributed by atoms with E-state index in [1.54, 1.807) is 38.5 Å². The van der Waals surface area contributed by atoms with E-state index < -0.39 is 5.97 Å². The van der Waals surface area contributed by atoms with E-state index in [2.05, 4.69) is 20.6 Å². The molecule has 0 saturated carbocycles. The van der Waals surface area contributed by atoms with Gasteiger partial charge in [-0.3, -0.25) is 9.59 Å². The Labute approximate surface area is 150 Å². The summed E-state index contributed by atoms with van der Waals surface area (Å²) >= 11 is 0. The van der Waals surface area contributed by atoms with Crippen LogP contribution in [0.3, 0.4) is 0 Å². The first kappa shape index (κ1) is 19.0. The Kier molecular flexibility index (Phi) is 6.72. The van der Waals surface area contributed by atoms with E-state index in [0.29, 0.717) is 28.8 Å². The lowest BCUT2D eigenvalue weighted by atomic mass is 10.2. The Bertz CT molecular complexity index is 781. The molecule has 0 aliphatic rings. The Morgan fingerprint density at radius 1 is 1.08 bits per heavy atom. The summed E-state index contributed by atoms with van der Waals surface area (Å²) in [6.07, 6.45) is 1.61. The van der Waals surface area contributed by atoms with Crippen molar-refractivity contribution in [3.8, 4) is 11.5 Å². The fourth-order valence-electron chi connectivity index (χ4n) is 2.15. The minimum Gasteiger partial charge on any atom is -0.497 e. The normalized spacial score (nSPS) is 10.1. The second-order valence-electron chi connectivity index (χ2n) is 5.28. The lowest BCUT2D eigenvalue weighted by Gasteiger charge is -2.12. The van der Waals surface area contributed by atoms with Crippen LogP contribution in [-0.4, -0.2) is 41.2 Å². The molecule has 26 heavy (non-hydrogen) atoms. The van der Waals surface area contributed by atoms with Gasteiger partial charge in [0.15, 0.2) is 0 Å². The summed E-state index contributed by atoms with van der Waals surface area (Å²) in [6.45, 7) is 0. The third kappa shape index (κ3) is 5.62. The van der Waals surface area contributed by atoms with Crippen molar-refractivity contribution in [3.05, 3.63) is 30.6 Å². The lowest BCUT2D eigenvalue weighted by molar-refractivity contribution is -0.137. The zero-order chi connectivity index (χ0) is 18.9. The molecule has 0 saturated heterocycles. The summed E-state index contributed by atoms with van der Waals surface area (Å²) in [7, 11) is 3.12. The molecule has 138 valence electrons. The van der Waals surface area contributed by atoms with Gasteiger partial charge in [-0.2, -0.15) is 0 Å². The molecule has 2 aromatic rings. The number of anilines is 3. The van der Waals surface area contributed by atoms with Crippen molar-refractivity contribution < 1.29 is 24.2 Å². The van der Waals surface area contributed by atoms with E-state index in [0.717, 1.165) is 0 Å². The molecule has 1 aromatic carbocycles. The van der Waals surface area contributed by atoms with Crippen LogP contribution in [-0.2, 0) is 9.59 Å². The Hall–Kier alpha value is -3.36. The summed E-state index contributed by atoms with van der Waals surface area (Å²) in [4.78, 5) is 30.4. The number of amides is 1. The SMILES string of the molecule is COc1ccc(OC)c(Nc2cc(NC(=O)CCCC(=O)O)ncn2)c1. The summed E-state index contributed by atoms with van der Waals surface area (Å²) in [6, 6.07) is 6.85. The van der Waals surface area contributed by atoms with Gasteiger partial charge >= 0.3 is 5.97 Å². The van der Waals surface area contributed by atoms with Crippen molar-refractivity contribution in [2.75, 3.05) is 24.9 Å². The Morgan fingerprint density at radius 2 is 1.85 bits per heavy atom. The van der Waals surface area contributed by atoms with Crippen LogP contribution < -0.4 is 20.1 Å². The fourth-order valence-corrected chi connectivity index (χ4v) is 2.15. The van der Waals surface area contributed by atoms with Gasteiger partial charge in [-0.1, -0.05) is 0 Å². The van der Waals surface area contributed by atoms with Crippen LogP contribution in [0.4, 0.5) is 17.3 Å². The first-order valence-corrected chi connectivity index (χ1v) is 7.84. The number of methoxy groups -OCH3 is 2. The number of hydrogen-bond acceptors (Lipinski definition) is 7. The van der Waals surface area contributed by atoms with Gasteiger partial charge in [0.25, 0.3) is 0 Å². The highest BCUT2D eigenvalue weighted by Gasteiger charge is 2.09. The number of carbonyl (C=O) groups is 2. The number of rotatable bonds is 9. The molecule has 1 aromatic heterocycles.